The molecular weight excluding hydrogens is 609 g/mol. The molecule has 3 heterocycles. The van der Waals surface area contributed by atoms with E-state index in [-0.39, 0.29) is 9.49 Å². The van der Waals surface area contributed by atoms with E-state index in [0.717, 1.165) is 6.67 Å². The van der Waals surface area contributed by atoms with E-state index in [9.17, 15) is 0 Å². The molecule has 0 N–H and O–H groups in total. The minimum atomic E-state index is -0.192. The fourth-order valence-corrected chi connectivity index (χ4v) is 11.7. The van der Waals surface area contributed by atoms with Gasteiger partial charge in [-0.2, -0.15) is 0 Å². The van der Waals surface area contributed by atoms with Gasteiger partial charge in [-0.3, -0.25) is 0 Å². The first-order valence-electron chi connectivity index (χ1n) is 16.6. The van der Waals surface area contributed by atoms with Crippen LogP contribution in [-0.2, 0) is 0 Å². The Morgan fingerprint density at radius 2 is 0.851 bits per heavy atom. The summed E-state index contributed by atoms with van der Waals surface area (Å²) in [5.74, 6) is 0. The van der Waals surface area contributed by atoms with E-state index in [0.29, 0.717) is 0 Å². The van der Waals surface area contributed by atoms with Crippen LogP contribution in [0.1, 0.15) is 58.4 Å². The number of nitrogens with zero attached hydrogens (tertiary/aromatic N) is 2. The summed E-state index contributed by atoms with van der Waals surface area (Å²) in [6, 6.07) is 31.4. The van der Waals surface area contributed by atoms with Crippen molar-refractivity contribution in [3.63, 3.8) is 0 Å². The van der Waals surface area contributed by atoms with Gasteiger partial charge in [0.25, 0.3) is 0 Å². The van der Waals surface area contributed by atoms with Crippen molar-refractivity contribution in [1.29, 1.82) is 0 Å². The smallest absolute Gasteiger partial charge is 0.100 e. The summed E-state index contributed by atoms with van der Waals surface area (Å²) < 4.78 is -0.385. The molecule has 0 bridgehead atoms. The lowest BCUT2D eigenvalue weighted by Gasteiger charge is -2.47. The van der Waals surface area contributed by atoms with Gasteiger partial charge >= 0.3 is 0 Å². The summed E-state index contributed by atoms with van der Waals surface area (Å²) >= 11 is 4.11. The maximum absolute atomic E-state index is 2.66. The molecule has 0 radical (unpaired) electrons. The molecule has 0 amide bonds. The van der Waals surface area contributed by atoms with Crippen molar-refractivity contribution in [3.05, 3.63) is 164 Å². The molecule has 47 heavy (non-hydrogen) atoms. The summed E-state index contributed by atoms with van der Waals surface area (Å²) in [5.41, 5.74) is 18.8. The first kappa shape index (κ1) is 30.5. The molecule has 8 rings (SSSR count). The number of fused-ring (bicyclic) bond motifs is 4. The van der Waals surface area contributed by atoms with Crippen LogP contribution in [0.4, 0.5) is 11.4 Å². The fourth-order valence-electron chi connectivity index (χ4n) is 8.58. The normalized spacial score (nSPS) is 23.2. The van der Waals surface area contributed by atoms with Crippen molar-refractivity contribution < 1.29 is 0 Å². The van der Waals surface area contributed by atoms with Gasteiger partial charge in [-0.15, -0.1) is 23.5 Å². The number of rotatable bonds is 4. The van der Waals surface area contributed by atoms with Gasteiger partial charge in [0.2, 0.25) is 0 Å². The Labute approximate surface area is 289 Å². The van der Waals surface area contributed by atoms with Crippen molar-refractivity contribution in [2.75, 3.05) is 16.5 Å². The quantitative estimate of drug-likeness (QED) is 0.217. The van der Waals surface area contributed by atoms with E-state index in [1.54, 1.807) is 0 Å². The van der Waals surface area contributed by atoms with Crippen molar-refractivity contribution in [2.45, 2.75) is 64.9 Å². The molecule has 1 saturated heterocycles. The van der Waals surface area contributed by atoms with Crippen molar-refractivity contribution in [3.8, 4) is 0 Å². The lowest BCUT2D eigenvalue weighted by Crippen LogP contribution is -2.48. The zero-order valence-corrected chi connectivity index (χ0v) is 30.3. The highest BCUT2D eigenvalue weighted by molar-refractivity contribution is 8.14. The second-order valence-electron chi connectivity index (χ2n) is 14.0. The first-order chi connectivity index (χ1) is 22.5. The molecule has 4 aromatic rings. The zero-order valence-electron chi connectivity index (χ0n) is 28.7. The average molecular weight is 651 g/mol. The minimum absolute atomic E-state index is 0.192. The van der Waals surface area contributed by atoms with E-state index in [1.807, 2.05) is 0 Å². The standard InChI is InChI=1S/C43H42N2S2/c1-26-19-28(3)38(29(4)20-26)44-25-45(39-30(5)21-27(2)22-31(39)6)41-35-24-37(33-17-13-10-14-18-33)47-43(35,8)42(7)34(40(41)44)23-36(46-42)32-15-11-9-12-16-32/h9-24H,25H2,1-8H3/t42-,43-/m0/s1. The number of anilines is 2. The second kappa shape index (κ2) is 10.8. The van der Waals surface area contributed by atoms with Gasteiger partial charge in [-0.05, 0) is 112 Å². The third-order valence-electron chi connectivity index (χ3n) is 10.6. The van der Waals surface area contributed by atoms with Gasteiger partial charge in [-0.1, -0.05) is 96.1 Å². The third-order valence-corrected chi connectivity index (χ3v) is 14.0. The van der Waals surface area contributed by atoms with Crippen molar-refractivity contribution in [1.82, 2.24) is 0 Å². The third kappa shape index (κ3) is 4.48. The van der Waals surface area contributed by atoms with Gasteiger partial charge in [-0.25, -0.2) is 0 Å². The molecule has 0 spiro atoms. The monoisotopic (exact) mass is 650 g/mol. The average Bonchev–Trinajstić information content (AvgIpc) is 3.69. The maximum atomic E-state index is 2.66. The Balaban J connectivity index is 1.47. The number of aryl methyl sites for hydroxylation is 6. The van der Waals surface area contributed by atoms with Crippen LogP contribution in [0.15, 0.2) is 120 Å². The zero-order chi connectivity index (χ0) is 32.8. The Kier molecular flexibility index (Phi) is 7.02. The second-order valence-corrected chi connectivity index (χ2v) is 17.0. The summed E-state index contributed by atoms with van der Waals surface area (Å²) in [7, 11) is 0. The van der Waals surface area contributed by atoms with Gasteiger partial charge in [0, 0.05) is 21.2 Å². The molecule has 2 atom stereocenters. The predicted molar refractivity (Wildman–Crippen MR) is 206 cm³/mol. The van der Waals surface area contributed by atoms with Gasteiger partial charge < -0.3 is 9.80 Å². The molecule has 4 heteroatoms. The van der Waals surface area contributed by atoms with Crippen LogP contribution in [-0.4, -0.2) is 16.2 Å². The number of benzene rings is 4. The fraction of sp³-hybridized carbons (Fsp3) is 0.256. The van der Waals surface area contributed by atoms with Gasteiger partial charge in [0.1, 0.15) is 6.67 Å². The Morgan fingerprint density at radius 1 is 0.511 bits per heavy atom. The van der Waals surface area contributed by atoms with Gasteiger partial charge in [0.15, 0.2) is 0 Å². The number of thioether (sulfide) groups is 2. The largest absolute Gasteiger partial charge is 0.320 e. The summed E-state index contributed by atoms with van der Waals surface area (Å²) in [5, 5.41) is 0. The number of hydrogen-bond donors (Lipinski definition) is 0. The van der Waals surface area contributed by atoms with Crippen molar-refractivity contribution >= 4 is 44.7 Å². The molecule has 1 fully saturated rings. The van der Waals surface area contributed by atoms with Crippen LogP contribution in [0.3, 0.4) is 0 Å². The molecule has 1 aliphatic carbocycles. The molecule has 4 aliphatic rings. The summed E-state index contributed by atoms with van der Waals surface area (Å²) in [4.78, 5) is 8.01. The highest BCUT2D eigenvalue weighted by Crippen LogP contribution is 2.70. The van der Waals surface area contributed by atoms with Gasteiger partial charge in [0.05, 0.1) is 20.9 Å². The van der Waals surface area contributed by atoms with E-state index < -0.39 is 0 Å². The van der Waals surface area contributed by atoms with Crippen LogP contribution in [0.2, 0.25) is 0 Å². The molecule has 0 unspecified atom stereocenters. The number of hydrogen-bond acceptors (Lipinski definition) is 4. The molecule has 236 valence electrons. The lowest BCUT2D eigenvalue weighted by atomic mass is 9.74. The lowest BCUT2D eigenvalue weighted by molar-refractivity contribution is 0.607. The molecule has 2 nitrogen and oxygen atoms in total. The SMILES string of the molecule is Cc1cc(C)c(N2CN(c3c(C)cc(C)cc3C)C3=C4C=C(c5ccccc5)S[C@]4(C)[C@@]4(C)SC(c5ccccc5)=CC4=C32)c(C)c1. The van der Waals surface area contributed by atoms with Crippen LogP contribution in [0.5, 0.6) is 0 Å². The van der Waals surface area contributed by atoms with Crippen LogP contribution in [0.25, 0.3) is 9.81 Å². The topological polar surface area (TPSA) is 6.48 Å². The maximum Gasteiger partial charge on any atom is 0.100 e. The summed E-state index contributed by atoms with van der Waals surface area (Å²) in [6.07, 6.45) is 5.06. The Hall–Kier alpha value is -3.86. The van der Waals surface area contributed by atoms with E-state index >= 15 is 0 Å². The Bertz CT molecular complexity index is 1910. The van der Waals surface area contributed by atoms with Crippen LogP contribution >= 0.6 is 23.5 Å². The van der Waals surface area contributed by atoms with Crippen molar-refractivity contribution in [2.24, 2.45) is 0 Å². The molecular formula is C43H42N2S2. The van der Waals surface area contributed by atoms with E-state index in [1.165, 1.54) is 88.2 Å². The first-order valence-corrected chi connectivity index (χ1v) is 18.3. The highest BCUT2D eigenvalue weighted by Gasteiger charge is 2.62. The molecule has 0 saturated carbocycles. The minimum Gasteiger partial charge on any atom is -0.320 e. The predicted octanol–water partition coefficient (Wildman–Crippen LogP) is 11.4. The number of allylic oxidation sites excluding steroid dienone is 2. The molecule has 4 aromatic carbocycles. The Morgan fingerprint density at radius 3 is 1.19 bits per heavy atom. The van der Waals surface area contributed by atoms with E-state index in [4.69, 9.17) is 0 Å². The highest BCUT2D eigenvalue weighted by atomic mass is 32.2. The van der Waals surface area contributed by atoms with Crippen LogP contribution in [0, 0.1) is 41.5 Å². The van der Waals surface area contributed by atoms with E-state index in [2.05, 4.69) is 186 Å². The summed E-state index contributed by atoms with van der Waals surface area (Å²) in [6.45, 7) is 19.4. The molecule has 0 aromatic heterocycles. The van der Waals surface area contributed by atoms with Crippen LogP contribution < -0.4 is 9.80 Å². The molecule has 3 aliphatic heterocycles.